The molecule has 2 fully saturated rings. The highest BCUT2D eigenvalue weighted by Crippen LogP contribution is 2.35. The Kier molecular flexibility index (Phi) is 5.67. The summed E-state index contributed by atoms with van der Waals surface area (Å²) in [5.41, 5.74) is 0. The normalized spacial score (nSPS) is 33.6. The van der Waals surface area contributed by atoms with Crippen molar-refractivity contribution < 1.29 is 0 Å². The third kappa shape index (κ3) is 3.50. The number of hydrogen-bond acceptors (Lipinski definition) is 3. The van der Waals surface area contributed by atoms with Crippen LogP contribution < -0.4 is 5.32 Å². The molecule has 19 heavy (non-hydrogen) atoms. The van der Waals surface area contributed by atoms with Crippen LogP contribution in [0.2, 0.25) is 0 Å². The summed E-state index contributed by atoms with van der Waals surface area (Å²) in [4.78, 5) is 5.44. The molecule has 2 saturated heterocycles. The van der Waals surface area contributed by atoms with Crippen molar-refractivity contribution in [3.63, 3.8) is 0 Å². The Morgan fingerprint density at radius 2 is 1.74 bits per heavy atom. The van der Waals surface area contributed by atoms with Crippen molar-refractivity contribution in [2.45, 2.75) is 77.0 Å². The molecule has 0 aromatic heterocycles. The fraction of sp³-hybridized carbons (Fsp3) is 1.00. The van der Waals surface area contributed by atoms with E-state index in [4.69, 9.17) is 0 Å². The summed E-state index contributed by atoms with van der Waals surface area (Å²) in [7, 11) is 2.13. The number of fused-ring (bicyclic) bond motifs is 2. The molecule has 0 saturated carbocycles. The van der Waals surface area contributed by atoms with Gasteiger partial charge in [0, 0.05) is 30.7 Å². The van der Waals surface area contributed by atoms with Gasteiger partial charge in [-0.3, -0.25) is 4.90 Å². The highest BCUT2D eigenvalue weighted by molar-refractivity contribution is 4.97. The lowest BCUT2D eigenvalue weighted by molar-refractivity contribution is -0.0138. The minimum atomic E-state index is 0.716. The van der Waals surface area contributed by atoms with Crippen LogP contribution in [0.15, 0.2) is 0 Å². The van der Waals surface area contributed by atoms with Gasteiger partial charge >= 0.3 is 0 Å². The zero-order valence-electron chi connectivity index (χ0n) is 13.4. The van der Waals surface area contributed by atoms with E-state index in [-0.39, 0.29) is 0 Å². The van der Waals surface area contributed by atoms with Gasteiger partial charge in [-0.15, -0.1) is 0 Å². The Bertz CT molecular complexity index is 251. The van der Waals surface area contributed by atoms with E-state index in [2.05, 4.69) is 42.9 Å². The van der Waals surface area contributed by atoms with E-state index in [0.29, 0.717) is 6.04 Å². The zero-order chi connectivity index (χ0) is 13.8. The van der Waals surface area contributed by atoms with E-state index in [1.165, 1.54) is 51.7 Å². The van der Waals surface area contributed by atoms with Crippen molar-refractivity contribution in [1.29, 1.82) is 0 Å². The molecule has 112 valence electrons. The minimum Gasteiger partial charge on any atom is -0.317 e. The second kappa shape index (κ2) is 7.05. The van der Waals surface area contributed by atoms with Crippen LogP contribution in [0.25, 0.3) is 0 Å². The predicted octanol–water partition coefficient (Wildman–Crippen LogP) is 2.32. The van der Waals surface area contributed by atoms with E-state index in [1.807, 2.05) is 0 Å². The van der Waals surface area contributed by atoms with Gasteiger partial charge in [0.15, 0.2) is 0 Å². The standard InChI is InChI=1S/C16H33N3/c1-5-18(6-2)12-13(3)19-15-8-7-9-16(19)11-14(10-15)17-4/h13-17H,5-12H2,1-4H3. The molecule has 0 aromatic carbocycles. The molecule has 2 rings (SSSR count). The molecule has 3 unspecified atom stereocenters. The van der Waals surface area contributed by atoms with E-state index in [9.17, 15) is 0 Å². The smallest absolute Gasteiger partial charge is 0.0200 e. The lowest BCUT2D eigenvalue weighted by Crippen LogP contribution is -2.60. The summed E-state index contributed by atoms with van der Waals surface area (Å²) in [5, 5.41) is 3.52. The topological polar surface area (TPSA) is 18.5 Å². The van der Waals surface area contributed by atoms with Crippen LogP contribution in [0.4, 0.5) is 0 Å². The average molecular weight is 267 g/mol. The third-order valence-electron chi connectivity index (χ3n) is 5.37. The highest BCUT2D eigenvalue weighted by atomic mass is 15.3. The van der Waals surface area contributed by atoms with E-state index < -0.39 is 0 Å². The summed E-state index contributed by atoms with van der Waals surface area (Å²) in [6, 6.07) is 3.13. The van der Waals surface area contributed by atoms with Crippen LogP contribution in [0.5, 0.6) is 0 Å². The van der Waals surface area contributed by atoms with Crippen molar-refractivity contribution >= 4 is 0 Å². The third-order valence-corrected chi connectivity index (χ3v) is 5.37. The van der Waals surface area contributed by atoms with Crippen LogP contribution in [-0.4, -0.2) is 60.6 Å². The number of piperidine rings is 2. The van der Waals surface area contributed by atoms with Crippen LogP contribution in [-0.2, 0) is 0 Å². The molecule has 2 aliphatic heterocycles. The lowest BCUT2D eigenvalue weighted by Gasteiger charge is -2.52. The van der Waals surface area contributed by atoms with Crippen molar-refractivity contribution in [2.24, 2.45) is 0 Å². The minimum absolute atomic E-state index is 0.716. The van der Waals surface area contributed by atoms with Gasteiger partial charge in [-0.05, 0) is 52.7 Å². The quantitative estimate of drug-likeness (QED) is 0.797. The number of nitrogens with zero attached hydrogens (tertiary/aromatic N) is 2. The maximum atomic E-state index is 3.52. The molecule has 0 aromatic rings. The molecular weight excluding hydrogens is 234 g/mol. The highest BCUT2D eigenvalue weighted by Gasteiger charge is 2.39. The molecule has 2 bridgehead atoms. The second-order valence-corrected chi connectivity index (χ2v) is 6.48. The monoisotopic (exact) mass is 267 g/mol. The molecule has 0 aliphatic carbocycles. The van der Waals surface area contributed by atoms with E-state index in [1.54, 1.807) is 0 Å². The molecule has 0 radical (unpaired) electrons. The van der Waals surface area contributed by atoms with Gasteiger partial charge in [-0.25, -0.2) is 0 Å². The van der Waals surface area contributed by atoms with Crippen LogP contribution in [0, 0.1) is 0 Å². The van der Waals surface area contributed by atoms with E-state index in [0.717, 1.165) is 18.1 Å². The first-order valence-corrected chi connectivity index (χ1v) is 8.36. The fourth-order valence-electron chi connectivity index (χ4n) is 4.32. The molecule has 3 atom stereocenters. The molecule has 0 spiro atoms. The summed E-state index contributed by atoms with van der Waals surface area (Å²) in [6.07, 6.45) is 6.99. The largest absolute Gasteiger partial charge is 0.317 e. The van der Waals surface area contributed by atoms with Crippen molar-refractivity contribution in [1.82, 2.24) is 15.1 Å². The lowest BCUT2D eigenvalue weighted by atomic mass is 9.80. The zero-order valence-corrected chi connectivity index (χ0v) is 13.4. The number of likely N-dealkylation sites (N-methyl/N-ethyl adjacent to an activating group) is 1. The Morgan fingerprint density at radius 1 is 1.16 bits per heavy atom. The van der Waals surface area contributed by atoms with Crippen molar-refractivity contribution in [3.8, 4) is 0 Å². The Balaban J connectivity index is 1.98. The van der Waals surface area contributed by atoms with Crippen LogP contribution >= 0.6 is 0 Å². The molecule has 2 heterocycles. The van der Waals surface area contributed by atoms with Gasteiger partial charge in [0.1, 0.15) is 0 Å². The van der Waals surface area contributed by atoms with Crippen molar-refractivity contribution in [3.05, 3.63) is 0 Å². The molecular formula is C16H33N3. The van der Waals surface area contributed by atoms with Gasteiger partial charge in [-0.1, -0.05) is 20.3 Å². The first kappa shape index (κ1) is 15.3. The fourth-order valence-corrected chi connectivity index (χ4v) is 4.32. The molecule has 2 aliphatic rings. The van der Waals surface area contributed by atoms with Crippen LogP contribution in [0.3, 0.4) is 0 Å². The van der Waals surface area contributed by atoms with Gasteiger partial charge in [0.05, 0.1) is 0 Å². The Hall–Kier alpha value is -0.120. The maximum Gasteiger partial charge on any atom is 0.0200 e. The Morgan fingerprint density at radius 3 is 2.21 bits per heavy atom. The molecule has 0 amide bonds. The molecule has 1 N–H and O–H groups in total. The molecule has 3 heteroatoms. The first-order chi connectivity index (χ1) is 9.19. The summed E-state index contributed by atoms with van der Waals surface area (Å²) in [6.45, 7) is 10.6. The average Bonchev–Trinajstić information content (AvgIpc) is 2.42. The van der Waals surface area contributed by atoms with Gasteiger partial charge in [-0.2, -0.15) is 0 Å². The summed E-state index contributed by atoms with van der Waals surface area (Å²) < 4.78 is 0. The van der Waals surface area contributed by atoms with E-state index >= 15 is 0 Å². The molecule has 3 nitrogen and oxygen atoms in total. The first-order valence-electron chi connectivity index (χ1n) is 8.36. The number of nitrogens with one attached hydrogen (secondary N) is 1. The SMILES string of the molecule is CCN(CC)CC(C)N1C2CCCC1CC(NC)C2. The van der Waals surface area contributed by atoms with Crippen LogP contribution in [0.1, 0.15) is 52.9 Å². The Labute approximate surface area is 119 Å². The summed E-state index contributed by atoms with van der Waals surface area (Å²) in [5.74, 6) is 0. The predicted molar refractivity (Wildman–Crippen MR) is 82.6 cm³/mol. The summed E-state index contributed by atoms with van der Waals surface area (Å²) >= 11 is 0. The second-order valence-electron chi connectivity index (χ2n) is 6.48. The number of hydrogen-bond donors (Lipinski definition) is 1. The van der Waals surface area contributed by atoms with Gasteiger partial charge in [0.2, 0.25) is 0 Å². The number of rotatable bonds is 6. The van der Waals surface area contributed by atoms with Gasteiger partial charge < -0.3 is 10.2 Å². The maximum absolute atomic E-state index is 3.52. The van der Waals surface area contributed by atoms with Crippen molar-refractivity contribution in [2.75, 3.05) is 26.7 Å². The van der Waals surface area contributed by atoms with Gasteiger partial charge in [0.25, 0.3) is 0 Å².